The van der Waals surface area contributed by atoms with Gasteiger partial charge >= 0.3 is 0 Å². The fourth-order valence-electron chi connectivity index (χ4n) is 4.69. The van der Waals surface area contributed by atoms with Gasteiger partial charge in [-0.3, -0.25) is 9.80 Å². The van der Waals surface area contributed by atoms with Crippen molar-refractivity contribution < 1.29 is 9.47 Å². The molecule has 1 saturated heterocycles. The average molecular weight is 445 g/mol. The molecule has 1 heterocycles. The third-order valence-electron chi connectivity index (χ3n) is 6.57. The molecule has 174 valence electrons. The molecule has 33 heavy (non-hydrogen) atoms. The lowest BCUT2D eigenvalue weighted by atomic mass is 9.98. The van der Waals surface area contributed by atoms with Crippen molar-refractivity contribution in [2.24, 2.45) is 0 Å². The van der Waals surface area contributed by atoms with E-state index in [1.54, 1.807) is 14.2 Å². The van der Waals surface area contributed by atoms with Gasteiger partial charge in [-0.2, -0.15) is 0 Å². The van der Waals surface area contributed by atoms with E-state index in [0.717, 1.165) is 44.1 Å². The van der Waals surface area contributed by atoms with E-state index in [1.165, 1.54) is 22.3 Å². The molecule has 1 aliphatic heterocycles. The van der Waals surface area contributed by atoms with Gasteiger partial charge in [0.25, 0.3) is 0 Å². The lowest BCUT2D eigenvalue weighted by Gasteiger charge is -2.44. The van der Waals surface area contributed by atoms with E-state index >= 15 is 0 Å². The molecule has 0 bridgehead atoms. The number of hydrogen-bond donors (Lipinski definition) is 0. The molecule has 0 atom stereocenters. The van der Waals surface area contributed by atoms with Crippen LogP contribution in [0.1, 0.15) is 54.6 Å². The first-order chi connectivity index (χ1) is 16.1. The molecule has 0 aromatic heterocycles. The standard InChI is InChI=1S/C29H36N2O2/c1-22(2)25-10-12-26(13-11-25)29-30(20-23-6-14-27(32-3)15-7-23)18-5-19-31(29)21-24-8-16-28(33-4)17-9-24/h6-17,22,29H,5,18-21H2,1-4H3. The number of ether oxygens (including phenoxy) is 2. The summed E-state index contributed by atoms with van der Waals surface area (Å²) < 4.78 is 10.7. The van der Waals surface area contributed by atoms with E-state index in [2.05, 4.69) is 96.4 Å². The van der Waals surface area contributed by atoms with Gasteiger partial charge in [-0.05, 0) is 58.9 Å². The maximum absolute atomic E-state index is 5.35. The first kappa shape index (κ1) is 23.3. The molecule has 0 radical (unpaired) electrons. The molecule has 0 amide bonds. The molecule has 1 fully saturated rings. The van der Waals surface area contributed by atoms with Crippen molar-refractivity contribution in [3.8, 4) is 11.5 Å². The fourth-order valence-corrected chi connectivity index (χ4v) is 4.69. The summed E-state index contributed by atoms with van der Waals surface area (Å²) in [5, 5.41) is 0. The summed E-state index contributed by atoms with van der Waals surface area (Å²) in [7, 11) is 3.43. The predicted molar refractivity (Wildman–Crippen MR) is 135 cm³/mol. The van der Waals surface area contributed by atoms with Gasteiger partial charge in [0.2, 0.25) is 0 Å². The summed E-state index contributed by atoms with van der Waals surface area (Å²) in [6.45, 7) is 8.51. The second-order valence-electron chi connectivity index (χ2n) is 9.19. The number of nitrogens with zero attached hydrogens (tertiary/aromatic N) is 2. The van der Waals surface area contributed by atoms with Crippen LogP contribution in [-0.2, 0) is 13.1 Å². The summed E-state index contributed by atoms with van der Waals surface area (Å²) >= 11 is 0. The van der Waals surface area contributed by atoms with Crippen LogP contribution in [0.4, 0.5) is 0 Å². The van der Waals surface area contributed by atoms with E-state index < -0.39 is 0 Å². The second kappa shape index (κ2) is 10.9. The predicted octanol–water partition coefficient (Wildman–Crippen LogP) is 6.23. The highest BCUT2D eigenvalue weighted by atomic mass is 16.5. The summed E-state index contributed by atoms with van der Waals surface area (Å²) in [5.74, 6) is 2.34. The highest BCUT2D eigenvalue weighted by Gasteiger charge is 2.30. The normalized spacial score (nSPS) is 15.7. The van der Waals surface area contributed by atoms with Gasteiger partial charge in [0.1, 0.15) is 11.5 Å². The van der Waals surface area contributed by atoms with Crippen LogP contribution in [0.5, 0.6) is 11.5 Å². The molecule has 0 spiro atoms. The third-order valence-corrected chi connectivity index (χ3v) is 6.57. The van der Waals surface area contributed by atoms with Crippen molar-refractivity contribution >= 4 is 0 Å². The Bertz CT molecular complexity index is 940. The maximum atomic E-state index is 5.35. The maximum Gasteiger partial charge on any atom is 0.118 e. The second-order valence-corrected chi connectivity index (χ2v) is 9.19. The van der Waals surface area contributed by atoms with Crippen LogP contribution >= 0.6 is 0 Å². The van der Waals surface area contributed by atoms with Crippen LogP contribution in [0.3, 0.4) is 0 Å². The van der Waals surface area contributed by atoms with E-state index in [4.69, 9.17) is 9.47 Å². The molecule has 0 unspecified atom stereocenters. The summed E-state index contributed by atoms with van der Waals surface area (Å²) in [6, 6.07) is 26.2. The molecular formula is C29H36N2O2. The first-order valence-corrected chi connectivity index (χ1v) is 11.9. The van der Waals surface area contributed by atoms with Crippen molar-refractivity contribution in [2.75, 3.05) is 27.3 Å². The third kappa shape index (κ3) is 5.76. The minimum atomic E-state index is 0.240. The van der Waals surface area contributed by atoms with Crippen LogP contribution in [0.2, 0.25) is 0 Å². The van der Waals surface area contributed by atoms with Crippen LogP contribution < -0.4 is 9.47 Å². The quantitative estimate of drug-likeness (QED) is 0.411. The molecule has 3 aromatic carbocycles. The Kier molecular flexibility index (Phi) is 7.69. The zero-order valence-electron chi connectivity index (χ0n) is 20.3. The molecule has 3 aromatic rings. The van der Waals surface area contributed by atoms with Crippen molar-refractivity contribution in [1.82, 2.24) is 9.80 Å². The zero-order chi connectivity index (χ0) is 23.2. The highest BCUT2D eigenvalue weighted by molar-refractivity contribution is 5.30. The molecule has 4 heteroatoms. The van der Waals surface area contributed by atoms with Crippen LogP contribution in [0.25, 0.3) is 0 Å². The molecule has 0 N–H and O–H groups in total. The summed E-state index contributed by atoms with van der Waals surface area (Å²) in [4.78, 5) is 5.22. The van der Waals surface area contributed by atoms with E-state index in [-0.39, 0.29) is 6.17 Å². The van der Waals surface area contributed by atoms with Gasteiger partial charge in [0, 0.05) is 26.2 Å². The topological polar surface area (TPSA) is 24.9 Å². The Hall–Kier alpha value is -2.82. The van der Waals surface area contributed by atoms with Gasteiger partial charge in [0.15, 0.2) is 0 Å². The Balaban J connectivity index is 1.61. The van der Waals surface area contributed by atoms with Gasteiger partial charge < -0.3 is 9.47 Å². The molecule has 4 nitrogen and oxygen atoms in total. The fraction of sp³-hybridized carbons (Fsp3) is 0.379. The number of rotatable bonds is 8. The smallest absolute Gasteiger partial charge is 0.118 e. The lowest BCUT2D eigenvalue weighted by molar-refractivity contribution is -0.00911. The zero-order valence-corrected chi connectivity index (χ0v) is 20.3. The largest absolute Gasteiger partial charge is 0.497 e. The molecule has 0 aliphatic carbocycles. The lowest BCUT2D eigenvalue weighted by Crippen LogP contribution is -2.46. The van der Waals surface area contributed by atoms with Crippen molar-refractivity contribution in [2.45, 2.75) is 45.4 Å². The van der Waals surface area contributed by atoms with Gasteiger partial charge in [0.05, 0.1) is 20.4 Å². The minimum absolute atomic E-state index is 0.240. The van der Waals surface area contributed by atoms with Crippen molar-refractivity contribution in [3.63, 3.8) is 0 Å². The van der Waals surface area contributed by atoms with Crippen molar-refractivity contribution in [1.29, 1.82) is 0 Å². The van der Waals surface area contributed by atoms with Crippen LogP contribution in [0, 0.1) is 0 Å². The Labute approximate surface area is 198 Å². The number of hydrogen-bond acceptors (Lipinski definition) is 4. The van der Waals surface area contributed by atoms with Crippen LogP contribution in [-0.4, -0.2) is 37.1 Å². The van der Waals surface area contributed by atoms with Crippen LogP contribution in [0.15, 0.2) is 72.8 Å². The minimum Gasteiger partial charge on any atom is -0.497 e. The van der Waals surface area contributed by atoms with E-state index in [1.807, 2.05) is 0 Å². The van der Waals surface area contributed by atoms with Gasteiger partial charge in [-0.15, -0.1) is 0 Å². The number of benzene rings is 3. The summed E-state index contributed by atoms with van der Waals surface area (Å²) in [6.07, 6.45) is 1.40. The Morgan fingerprint density at radius 2 is 1.15 bits per heavy atom. The molecule has 1 aliphatic rings. The number of methoxy groups -OCH3 is 2. The highest BCUT2D eigenvalue weighted by Crippen LogP contribution is 2.33. The Morgan fingerprint density at radius 1 is 0.697 bits per heavy atom. The first-order valence-electron chi connectivity index (χ1n) is 11.9. The summed E-state index contributed by atoms with van der Waals surface area (Å²) in [5.41, 5.74) is 5.37. The molecular weight excluding hydrogens is 408 g/mol. The van der Waals surface area contributed by atoms with Crippen molar-refractivity contribution in [3.05, 3.63) is 95.1 Å². The monoisotopic (exact) mass is 444 g/mol. The SMILES string of the molecule is COc1ccc(CN2CCCN(Cc3ccc(OC)cc3)C2c2ccc(C(C)C)cc2)cc1. The molecule has 4 rings (SSSR count). The average Bonchev–Trinajstić information content (AvgIpc) is 2.85. The van der Waals surface area contributed by atoms with E-state index in [9.17, 15) is 0 Å². The molecule has 0 saturated carbocycles. The Morgan fingerprint density at radius 3 is 1.55 bits per heavy atom. The van der Waals surface area contributed by atoms with Gasteiger partial charge in [-0.25, -0.2) is 0 Å². The van der Waals surface area contributed by atoms with Gasteiger partial charge in [-0.1, -0.05) is 62.4 Å². The van der Waals surface area contributed by atoms with E-state index in [0.29, 0.717) is 5.92 Å².